The summed E-state index contributed by atoms with van der Waals surface area (Å²) in [6.07, 6.45) is 1.07. The van der Waals surface area contributed by atoms with E-state index in [2.05, 4.69) is 6.58 Å². The van der Waals surface area contributed by atoms with E-state index in [0.29, 0.717) is 11.6 Å². The summed E-state index contributed by atoms with van der Waals surface area (Å²) in [6.45, 7) is 7.50. The molecule has 0 aromatic heterocycles. The van der Waals surface area contributed by atoms with Crippen molar-refractivity contribution in [2.45, 2.75) is 37.1 Å². The molecule has 1 aliphatic rings. The van der Waals surface area contributed by atoms with Crippen LogP contribution in [0.25, 0.3) is 0 Å². The monoisotopic (exact) mass is 480 g/mol. The molecule has 0 saturated carbocycles. The summed E-state index contributed by atoms with van der Waals surface area (Å²) in [4.78, 5) is 26.7. The molecular formula is C22H22Cl2N2O4S. The molecule has 1 saturated heterocycles. The predicted octanol–water partition coefficient (Wildman–Crippen LogP) is 4.63. The summed E-state index contributed by atoms with van der Waals surface area (Å²) in [7, 11) is -4.23. The van der Waals surface area contributed by atoms with E-state index in [1.54, 1.807) is 12.1 Å². The molecule has 0 aliphatic carbocycles. The maximum absolute atomic E-state index is 13.4. The third kappa shape index (κ3) is 4.55. The van der Waals surface area contributed by atoms with E-state index in [-0.39, 0.29) is 27.9 Å². The SMILES string of the molecule is C=CCN(C1CC(=O)N(c2ccc(C(C)C)cc2)C1=O)S(=O)(=O)c1cc(Cl)ccc1Cl. The predicted molar refractivity (Wildman–Crippen MR) is 122 cm³/mol. The van der Waals surface area contributed by atoms with Gasteiger partial charge >= 0.3 is 0 Å². The zero-order valence-electron chi connectivity index (χ0n) is 17.1. The number of sulfonamides is 1. The van der Waals surface area contributed by atoms with Crippen LogP contribution in [-0.2, 0) is 19.6 Å². The molecule has 1 unspecified atom stereocenters. The van der Waals surface area contributed by atoms with Gasteiger partial charge < -0.3 is 0 Å². The first-order valence-corrected chi connectivity index (χ1v) is 11.8. The van der Waals surface area contributed by atoms with Crippen molar-refractivity contribution in [3.05, 3.63) is 70.7 Å². The first kappa shape index (κ1) is 23.5. The molecule has 164 valence electrons. The van der Waals surface area contributed by atoms with Crippen LogP contribution in [0.5, 0.6) is 0 Å². The number of hydrogen-bond acceptors (Lipinski definition) is 4. The molecule has 0 bridgehead atoms. The highest BCUT2D eigenvalue weighted by Gasteiger charge is 2.47. The van der Waals surface area contributed by atoms with Crippen molar-refractivity contribution in [2.75, 3.05) is 11.4 Å². The highest BCUT2D eigenvalue weighted by atomic mass is 35.5. The van der Waals surface area contributed by atoms with E-state index >= 15 is 0 Å². The van der Waals surface area contributed by atoms with Crippen LogP contribution in [-0.4, -0.2) is 37.1 Å². The molecule has 0 N–H and O–H groups in total. The van der Waals surface area contributed by atoms with Gasteiger partial charge in [0.2, 0.25) is 15.9 Å². The fourth-order valence-electron chi connectivity index (χ4n) is 3.44. The van der Waals surface area contributed by atoms with Crippen molar-refractivity contribution in [3.63, 3.8) is 0 Å². The number of nitrogens with zero attached hydrogens (tertiary/aromatic N) is 2. The molecule has 9 heteroatoms. The van der Waals surface area contributed by atoms with Crippen molar-refractivity contribution in [2.24, 2.45) is 0 Å². The standard InChI is InChI=1S/C22H22Cl2N2O4S/c1-4-11-25(31(29,30)20-12-16(23)7-10-18(20)24)19-13-21(27)26(22(19)28)17-8-5-15(6-9-17)14(2)3/h4-10,12,14,19H,1,11,13H2,2-3H3. The Labute approximate surface area is 192 Å². The number of benzene rings is 2. The van der Waals surface area contributed by atoms with E-state index in [9.17, 15) is 18.0 Å². The Morgan fingerprint density at radius 3 is 2.39 bits per heavy atom. The second kappa shape index (κ2) is 9.12. The normalized spacial score (nSPS) is 17.1. The first-order chi connectivity index (χ1) is 14.6. The molecule has 1 atom stereocenters. The van der Waals surface area contributed by atoms with Gasteiger partial charge in [-0.05, 0) is 41.8 Å². The molecule has 2 amide bonds. The lowest BCUT2D eigenvalue weighted by atomic mass is 10.0. The lowest BCUT2D eigenvalue weighted by Gasteiger charge is -2.26. The quantitative estimate of drug-likeness (QED) is 0.427. The molecule has 1 aliphatic heterocycles. The fourth-order valence-corrected chi connectivity index (χ4v) is 5.73. The molecule has 2 aromatic rings. The number of hydrogen-bond donors (Lipinski definition) is 0. The highest BCUT2D eigenvalue weighted by Crippen LogP contribution is 2.33. The molecule has 6 nitrogen and oxygen atoms in total. The number of carbonyl (C=O) groups excluding carboxylic acids is 2. The minimum atomic E-state index is -4.23. The van der Waals surface area contributed by atoms with Crippen molar-refractivity contribution in [1.29, 1.82) is 0 Å². The lowest BCUT2D eigenvalue weighted by molar-refractivity contribution is -0.122. The van der Waals surface area contributed by atoms with Crippen LogP contribution in [0.2, 0.25) is 10.0 Å². The van der Waals surface area contributed by atoms with E-state index in [0.717, 1.165) is 14.8 Å². The average Bonchev–Trinajstić information content (AvgIpc) is 3.01. The second-order valence-electron chi connectivity index (χ2n) is 7.47. The Balaban J connectivity index is 1.99. The lowest BCUT2D eigenvalue weighted by Crippen LogP contribution is -2.45. The molecule has 0 spiro atoms. The maximum Gasteiger partial charge on any atom is 0.252 e. The third-order valence-corrected chi connectivity index (χ3v) is 7.67. The van der Waals surface area contributed by atoms with Gasteiger partial charge in [-0.2, -0.15) is 4.31 Å². The Bertz CT molecular complexity index is 1130. The summed E-state index contributed by atoms with van der Waals surface area (Å²) >= 11 is 12.1. The van der Waals surface area contributed by atoms with Crippen LogP contribution in [0.15, 0.2) is 60.0 Å². The van der Waals surface area contributed by atoms with Crippen LogP contribution in [0.4, 0.5) is 5.69 Å². The summed E-state index contributed by atoms with van der Waals surface area (Å²) in [6, 6.07) is 9.91. The van der Waals surface area contributed by atoms with E-state index < -0.39 is 27.9 Å². The molecule has 1 heterocycles. The van der Waals surface area contributed by atoms with Gasteiger partial charge in [-0.1, -0.05) is 55.3 Å². The van der Waals surface area contributed by atoms with Crippen LogP contribution in [0.1, 0.15) is 31.7 Å². The van der Waals surface area contributed by atoms with Crippen molar-refractivity contribution >= 4 is 50.7 Å². The molecule has 31 heavy (non-hydrogen) atoms. The van der Waals surface area contributed by atoms with Gasteiger partial charge in [0.05, 0.1) is 17.1 Å². The molecular weight excluding hydrogens is 459 g/mol. The van der Waals surface area contributed by atoms with Crippen molar-refractivity contribution in [3.8, 4) is 0 Å². The van der Waals surface area contributed by atoms with Gasteiger partial charge in [0.1, 0.15) is 10.9 Å². The number of rotatable bonds is 7. The van der Waals surface area contributed by atoms with Gasteiger partial charge in [0, 0.05) is 11.6 Å². The number of amides is 2. The van der Waals surface area contributed by atoms with Gasteiger partial charge in [-0.15, -0.1) is 6.58 Å². The van der Waals surface area contributed by atoms with Crippen molar-refractivity contribution < 1.29 is 18.0 Å². The minimum absolute atomic E-state index is 0.0311. The zero-order valence-corrected chi connectivity index (χ0v) is 19.4. The van der Waals surface area contributed by atoms with E-state index in [1.807, 2.05) is 26.0 Å². The smallest absolute Gasteiger partial charge is 0.252 e. The topological polar surface area (TPSA) is 74.8 Å². The number of anilines is 1. The number of halogens is 2. The molecule has 3 rings (SSSR count). The molecule has 1 fully saturated rings. The van der Waals surface area contributed by atoms with E-state index in [1.165, 1.54) is 24.3 Å². The highest BCUT2D eigenvalue weighted by molar-refractivity contribution is 7.89. The number of carbonyl (C=O) groups is 2. The van der Waals surface area contributed by atoms with Gasteiger partial charge in [-0.3, -0.25) is 9.59 Å². The summed E-state index contributed by atoms with van der Waals surface area (Å²) < 4.78 is 27.6. The van der Waals surface area contributed by atoms with Crippen LogP contribution >= 0.6 is 23.2 Å². The summed E-state index contributed by atoms with van der Waals surface area (Å²) in [5.41, 5.74) is 1.46. The van der Waals surface area contributed by atoms with Crippen molar-refractivity contribution in [1.82, 2.24) is 4.31 Å². The number of imide groups is 1. The minimum Gasteiger partial charge on any atom is -0.274 e. The van der Waals surface area contributed by atoms with Gasteiger partial charge in [0.25, 0.3) is 5.91 Å². The largest absolute Gasteiger partial charge is 0.274 e. The fraction of sp³-hybridized carbons (Fsp3) is 0.273. The van der Waals surface area contributed by atoms with E-state index in [4.69, 9.17) is 23.2 Å². The van der Waals surface area contributed by atoms with Gasteiger partial charge in [-0.25, -0.2) is 13.3 Å². The Morgan fingerprint density at radius 1 is 1.16 bits per heavy atom. The van der Waals surface area contributed by atoms with Crippen LogP contribution in [0, 0.1) is 0 Å². The Hall–Kier alpha value is -2.19. The summed E-state index contributed by atoms with van der Waals surface area (Å²) in [5, 5.41) is 0.151. The summed E-state index contributed by atoms with van der Waals surface area (Å²) in [5.74, 6) is -0.804. The Kier molecular flexibility index (Phi) is 6.91. The zero-order chi connectivity index (χ0) is 22.9. The molecule has 0 radical (unpaired) electrons. The Morgan fingerprint density at radius 2 is 1.81 bits per heavy atom. The third-order valence-electron chi connectivity index (χ3n) is 5.08. The van der Waals surface area contributed by atoms with Crippen LogP contribution in [0.3, 0.4) is 0 Å². The molecule has 2 aromatic carbocycles. The second-order valence-corrected chi connectivity index (χ2v) is 10.2. The average molecular weight is 481 g/mol. The van der Waals surface area contributed by atoms with Crippen LogP contribution < -0.4 is 4.90 Å². The van der Waals surface area contributed by atoms with Gasteiger partial charge in [0.15, 0.2) is 0 Å². The first-order valence-electron chi connectivity index (χ1n) is 9.62. The maximum atomic E-state index is 13.4.